The number of benzene rings is 2. The fraction of sp³-hybridized carbons (Fsp3) is 0.368. The molecule has 2 aromatic carbocycles. The molecule has 0 radical (unpaired) electrons. The van der Waals surface area contributed by atoms with Crippen LogP contribution in [-0.2, 0) is 5.41 Å². The van der Waals surface area contributed by atoms with E-state index >= 15 is 0 Å². The highest BCUT2D eigenvalue weighted by Crippen LogP contribution is 2.48. The minimum atomic E-state index is 0.161. The molecule has 2 N–H and O–H groups in total. The average Bonchev–Trinajstić information content (AvgIpc) is 2.72. The molecule has 1 atom stereocenters. The molecule has 2 aromatic rings. The van der Waals surface area contributed by atoms with Crippen LogP contribution >= 0.6 is 11.6 Å². The Bertz CT molecular complexity index is 682. The van der Waals surface area contributed by atoms with E-state index in [4.69, 9.17) is 17.3 Å². The van der Waals surface area contributed by atoms with Gasteiger partial charge in [0.25, 0.3) is 0 Å². The fourth-order valence-electron chi connectivity index (χ4n) is 3.28. The van der Waals surface area contributed by atoms with Crippen LogP contribution in [-0.4, -0.2) is 6.54 Å². The first kappa shape index (κ1) is 14.6. The van der Waals surface area contributed by atoms with Gasteiger partial charge in [-0.3, -0.25) is 0 Å². The van der Waals surface area contributed by atoms with Crippen molar-refractivity contribution in [2.75, 3.05) is 6.54 Å². The molecule has 0 saturated carbocycles. The number of hydrogen-bond acceptors (Lipinski definition) is 1. The van der Waals surface area contributed by atoms with Crippen molar-refractivity contribution in [3.8, 4) is 11.1 Å². The number of halogens is 1. The van der Waals surface area contributed by atoms with Crippen LogP contribution < -0.4 is 5.73 Å². The molecule has 0 aliphatic heterocycles. The lowest BCUT2D eigenvalue weighted by molar-refractivity contribution is 0.588. The molecule has 0 bridgehead atoms. The summed E-state index contributed by atoms with van der Waals surface area (Å²) in [6, 6.07) is 13.1. The van der Waals surface area contributed by atoms with Crippen molar-refractivity contribution in [2.24, 2.45) is 5.73 Å². The number of hydrogen-bond donors (Lipinski definition) is 1. The van der Waals surface area contributed by atoms with Gasteiger partial charge in [0.2, 0.25) is 0 Å². The second-order valence-electron chi connectivity index (χ2n) is 6.91. The minimum absolute atomic E-state index is 0.161. The molecular weight excluding hydrogens is 278 g/mol. The van der Waals surface area contributed by atoms with E-state index < -0.39 is 0 Å². The summed E-state index contributed by atoms with van der Waals surface area (Å²) in [4.78, 5) is 0. The second kappa shape index (κ2) is 5.15. The van der Waals surface area contributed by atoms with Crippen molar-refractivity contribution in [1.82, 2.24) is 0 Å². The Balaban J connectivity index is 2.18. The first-order valence-electron chi connectivity index (χ1n) is 7.56. The summed E-state index contributed by atoms with van der Waals surface area (Å²) in [7, 11) is 0. The van der Waals surface area contributed by atoms with Gasteiger partial charge in [-0.25, -0.2) is 0 Å². The maximum absolute atomic E-state index is 6.20. The normalized spacial score (nSPS) is 16.7. The molecule has 21 heavy (non-hydrogen) atoms. The predicted molar refractivity (Wildman–Crippen MR) is 91.1 cm³/mol. The SMILES string of the molecule is CC(C)(C)c1ccc2c(c1)C(CCN)c1cc(Cl)ccc1-2. The monoisotopic (exact) mass is 299 g/mol. The van der Waals surface area contributed by atoms with Crippen LogP contribution in [0.3, 0.4) is 0 Å². The third kappa shape index (κ3) is 2.49. The molecule has 0 heterocycles. The summed E-state index contributed by atoms with van der Waals surface area (Å²) < 4.78 is 0. The van der Waals surface area contributed by atoms with Crippen LogP contribution in [0.25, 0.3) is 11.1 Å². The molecule has 2 heteroatoms. The third-order valence-electron chi connectivity index (χ3n) is 4.43. The quantitative estimate of drug-likeness (QED) is 0.820. The van der Waals surface area contributed by atoms with Gasteiger partial charge in [-0.05, 0) is 58.3 Å². The van der Waals surface area contributed by atoms with E-state index in [1.165, 1.54) is 27.8 Å². The number of rotatable bonds is 2. The lowest BCUT2D eigenvalue weighted by atomic mass is 9.83. The van der Waals surface area contributed by atoms with Gasteiger partial charge in [0.15, 0.2) is 0 Å². The van der Waals surface area contributed by atoms with Crippen LogP contribution in [0.1, 0.15) is 49.8 Å². The highest BCUT2D eigenvalue weighted by molar-refractivity contribution is 6.30. The Labute approximate surface area is 132 Å². The van der Waals surface area contributed by atoms with Gasteiger partial charge in [0, 0.05) is 10.9 Å². The first-order valence-corrected chi connectivity index (χ1v) is 7.94. The van der Waals surface area contributed by atoms with Gasteiger partial charge in [-0.2, -0.15) is 0 Å². The molecule has 0 amide bonds. The van der Waals surface area contributed by atoms with Crippen molar-refractivity contribution < 1.29 is 0 Å². The molecule has 110 valence electrons. The van der Waals surface area contributed by atoms with Crippen molar-refractivity contribution in [3.05, 3.63) is 58.1 Å². The molecular formula is C19H22ClN. The Morgan fingerprint density at radius 2 is 1.62 bits per heavy atom. The van der Waals surface area contributed by atoms with Crippen LogP contribution in [0.15, 0.2) is 36.4 Å². The lowest BCUT2D eigenvalue weighted by Gasteiger charge is -2.21. The summed E-state index contributed by atoms with van der Waals surface area (Å²) in [5, 5.41) is 0.805. The standard InChI is InChI=1S/C19H22ClN/c1-19(2,3)12-4-6-14-15-7-5-13(20)11-18(15)16(8-9-21)17(14)10-12/h4-7,10-11,16H,8-9,21H2,1-3H3. The van der Waals surface area contributed by atoms with E-state index in [0.29, 0.717) is 12.5 Å². The van der Waals surface area contributed by atoms with Crippen molar-refractivity contribution >= 4 is 11.6 Å². The van der Waals surface area contributed by atoms with Gasteiger partial charge in [0.05, 0.1) is 0 Å². The molecule has 1 nitrogen and oxygen atoms in total. The summed E-state index contributed by atoms with van der Waals surface area (Å²) in [5.74, 6) is 0.376. The van der Waals surface area contributed by atoms with Gasteiger partial charge < -0.3 is 5.73 Å². The predicted octanol–water partition coefficient (Wildman–Crippen LogP) is 5.10. The van der Waals surface area contributed by atoms with Gasteiger partial charge >= 0.3 is 0 Å². The Kier molecular flexibility index (Phi) is 3.59. The van der Waals surface area contributed by atoms with Gasteiger partial charge in [0.1, 0.15) is 0 Å². The molecule has 0 fully saturated rings. The molecule has 0 saturated heterocycles. The molecule has 1 aliphatic carbocycles. The Morgan fingerprint density at radius 3 is 2.24 bits per heavy atom. The van der Waals surface area contributed by atoms with E-state index in [2.05, 4.69) is 51.1 Å². The van der Waals surface area contributed by atoms with Crippen LogP contribution in [0.5, 0.6) is 0 Å². The maximum atomic E-state index is 6.20. The average molecular weight is 300 g/mol. The highest BCUT2D eigenvalue weighted by Gasteiger charge is 2.29. The molecule has 1 unspecified atom stereocenters. The smallest absolute Gasteiger partial charge is 0.0409 e. The summed E-state index contributed by atoms with van der Waals surface area (Å²) in [6.45, 7) is 7.46. The van der Waals surface area contributed by atoms with Gasteiger partial charge in [-0.15, -0.1) is 0 Å². The van der Waals surface area contributed by atoms with Crippen molar-refractivity contribution in [2.45, 2.75) is 38.5 Å². The zero-order valence-corrected chi connectivity index (χ0v) is 13.7. The summed E-state index contributed by atoms with van der Waals surface area (Å²) in [6.07, 6.45) is 0.966. The highest BCUT2D eigenvalue weighted by atomic mass is 35.5. The molecule has 1 aliphatic rings. The zero-order valence-electron chi connectivity index (χ0n) is 12.9. The van der Waals surface area contributed by atoms with E-state index in [0.717, 1.165) is 11.4 Å². The topological polar surface area (TPSA) is 26.0 Å². The third-order valence-corrected chi connectivity index (χ3v) is 4.66. The first-order chi connectivity index (χ1) is 9.91. The Morgan fingerprint density at radius 1 is 1.00 bits per heavy atom. The van der Waals surface area contributed by atoms with E-state index in [-0.39, 0.29) is 5.41 Å². The summed E-state index contributed by atoms with van der Waals surface area (Å²) in [5.41, 5.74) is 12.8. The number of fused-ring (bicyclic) bond motifs is 3. The molecule has 0 aromatic heterocycles. The van der Waals surface area contributed by atoms with Crippen molar-refractivity contribution in [1.29, 1.82) is 0 Å². The second-order valence-corrected chi connectivity index (χ2v) is 7.35. The largest absolute Gasteiger partial charge is 0.330 e. The Hall–Kier alpha value is -1.31. The molecule has 3 rings (SSSR count). The van der Waals surface area contributed by atoms with Crippen LogP contribution in [0.2, 0.25) is 5.02 Å². The minimum Gasteiger partial charge on any atom is -0.330 e. The fourth-order valence-corrected chi connectivity index (χ4v) is 3.46. The zero-order chi connectivity index (χ0) is 15.2. The van der Waals surface area contributed by atoms with Crippen molar-refractivity contribution in [3.63, 3.8) is 0 Å². The van der Waals surface area contributed by atoms with E-state index in [1.54, 1.807) is 0 Å². The van der Waals surface area contributed by atoms with Crippen LogP contribution in [0, 0.1) is 0 Å². The van der Waals surface area contributed by atoms with Gasteiger partial charge in [-0.1, -0.05) is 56.6 Å². The van der Waals surface area contributed by atoms with E-state index in [9.17, 15) is 0 Å². The van der Waals surface area contributed by atoms with Crippen LogP contribution in [0.4, 0.5) is 0 Å². The maximum Gasteiger partial charge on any atom is 0.0409 e. The lowest BCUT2D eigenvalue weighted by Crippen LogP contribution is -2.12. The molecule has 0 spiro atoms. The number of nitrogens with two attached hydrogens (primary N) is 1. The van der Waals surface area contributed by atoms with E-state index in [1.807, 2.05) is 6.07 Å². The summed E-state index contributed by atoms with van der Waals surface area (Å²) >= 11 is 6.20.